The molecule has 1 fully saturated rings. The summed E-state index contributed by atoms with van der Waals surface area (Å²) in [5, 5.41) is 14.5. The summed E-state index contributed by atoms with van der Waals surface area (Å²) in [5.41, 5.74) is 1.79. The van der Waals surface area contributed by atoms with Gasteiger partial charge in [-0.2, -0.15) is 10.4 Å². The van der Waals surface area contributed by atoms with Gasteiger partial charge in [-0.05, 0) is 38.8 Å². The van der Waals surface area contributed by atoms with Crippen molar-refractivity contribution in [1.82, 2.24) is 9.91 Å². The number of rotatable bonds is 2. The topological polar surface area (TPSA) is 59.7 Å². The minimum atomic E-state index is -0.191. The molecule has 0 bridgehead atoms. The number of allylic oxidation sites excluding steroid dienone is 3. The Kier molecular flexibility index (Phi) is 3.70. The van der Waals surface area contributed by atoms with Gasteiger partial charge < -0.3 is 4.90 Å². The van der Waals surface area contributed by atoms with Gasteiger partial charge in [0.2, 0.25) is 0 Å². The zero-order valence-corrected chi connectivity index (χ0v) is 11.6. The van der Waals surface area contributed by atoms with Gasteiger partial charge in [-0.3, -0.25) is 4.79 Å². The Bertz CT molecular complexity index is 522. The van der Waals surface area contributed by atoms with Gasteiger partial charge in [-0.15, -0.1) is 0 Å². The van der Waals surface area contributed by atoms with E-state index in [-0.39, 0.29) is 17.7 Å². The Morgan fingerprint density at radius 2 is 2.16 bits per heavy atom. The van der Waals surface area contributed by atoms with Gasteiger partial charge in [-0.1, -0.05) is 0 Å². The summed E-state index contributed by atoms with van der Waals surface area (Å²) in [6, 6.07) is 1.95. The summed E-state index contributed by atoms with van der Waals surface area (Å²) in [5.74, 6) is -0.191. The van der Waals surface area contributed by atoms with E-state index in [1.807, 2.05) is 33.0 Å². The molecule has 0 aliphatic carbocycles. The van der Waals surface area contributed by atoms with Crippen LogP contribution in [-0.2, 0) is 4.79 Å². The molecule has 0 atom stereocenters. The van der Waals surface area contributed by atoms with Crippen LogP contribution in [0.2, 0.25) is 0 Å². The minimum absolute atomic E-state index is 0.0384. The Balaban J connectivity index is 2.27. The summed E-state index contributed by atoms with van der Waals surface area (Å²) in [7, 11) is 2.04. The molecule has 2 aliphatic heterocycles. The van der Waals surface area contributed by atoms with Crippen LogP contribution < -0.4 is 0 Å². The lowest BCUT2D eigenvalue weighted by molar-refractivity contribution is -0.127. The molecule has 0 aromatic carbocycles. The van der Waals surface area contributed by atoms with Gasteiger partial charge in [0.25, 0.3) is 5.91 Å². The number of hydrogen-bond acceptors (Lipinski definition) is 4. The number of carbonyl (C=O) groups excluding carboxylic acids is 1. The van der Waals surface area contributed by atoms with E-state index in [9.17, 15) is 4.79 Å². The van der Waals surface area contributed by atoms with Crippen molar-refractivity contribution < 1.29 is 4.79 Å². The first-order valence-electron chi connectivity index (χ1n) is 6.49. The number of hydrogen-bond donors (Lipinski definition) is 0. The lowest BCUT2D eigenvalue weighted by Gasteiger charge is -2.15. The zero-order chi connectivity index (χ0) is 14.0. The van der Waals surface area contributed by atoms with Gasteiger partial charge in [0.15, 0.2) is 5.71 Å². The molecule has 5 nitrogen and oxygen atoms in total. The van der Waals surface area contributed by atoms with Crippen LogP contribution in [0.25, 0.3) is 0 Å². The maximum absolute atomic E-state index is 12.2. The fraction of sp³-hybridized carbons (Fsp3) is 0.500. The second-order valence-electron chi connectivity index (χ2n) is 5.07. The van der Waals surface area contributed by atoms with E-state index in [2.05, 4.69) is 10.0 Å². The monoisotopic (exact) mass is 258 g/mol. The number of carbonyl (C=O) groups is 1. The molecule has 100 valence electrons. The van der Waals surface area contributed by atoms with Gasteiger partial charge in [-0.25, -0.2) is 5.01 Å². The number of nitriles is 1. The summed E-state index contributed by atoms with van der Waals surface area (Å²) in [6.07, 6.45) is 5.80. The molecule has 0 aromatic rings. The SMILES string of the molecule is CC(C)N1N=C(C#N)/C(=C\C=C2\CCCN2C)C1=O. The molecule has 0 N–H and O–H groups in total. The van der Waals surface area contributed by atoms with E-state index in [1.54, 1.807) is 6.08 Å². The first kappa shape index (κ1) is 13.3. The third-order valence-corrected chi connectivity index (χ3v) is 3.36. The van der Waals surface area contributed by atoms with Crippen molar-refractivity contribution in [2.45, 2.75) is 32.7 Å². The molecule has 1 saturated heterocycles. The summed E-state index contributed by atoms with van der Waals surface area (Å²) in [4.78, 5) is 14.3. The largest absolute Gasteiger partial charge is 0.378 e. The van der Waals surface area contributed by atoms with E-state index >= 15 is 0 Å². The number of nitrogens with zero attached hydrogens (tertiary/aromatic N) is 4. The van der Waals surface area contributed by atoms with Crippen molar-refractivity contribution in [1.29, 1.82) is 5.26 Å². The average molecular weight is 258 g/mol. The number of likely N-dealkylation sites (tertiary alicyclic amines) is 1. The normalized spacial score (nSPS) is 23.7. The maximum atomic E-state index is 12.2. The lowest BCUT2D eigenvalue weighted by Crippen LogP contribution is -2.28. The molecular weight excluding hydrogens is 240 g/mol. The first-order valence-corrected chi connectivity index (χ1v) is 6.49. The van der Waals surface area contributed by atoms with Gasteiger partial charge in [0.1, 0.15) is 6.07 Å². The van der Waals surface area contributed by atoms with Crippen molar-refractivity contribution >= 4 is 11.6 Å². The standard InChI is InChI=1S/C14H18N4O/c1-10(2)18-14(19)12(13(9-15)16-18)7-6-11-5-4-8-17(11)3/h6-7,10H,4-5,8H2,1-3H3/b11-6-,12-7+. The molecule has 2 aliphatic rings. The summed E-state index contributed by atoms with van der Waals surface area (Å²) in [6.45, 7) is 4.80. The molecule has 0 spiro atoms. The molecule has 0 aromatic heterocycles. The Labute approximate surface area is 113 Å². The maximum Gasteiger partial charge on any atom is 0.277 e. The van der Waals surface area contributed by atoms with Crippen molar-refractivity contribution in [3.63, 3.8) is 0 Å². The highest BCUT2D eigenvalue weighted by molar-refractivity contribution is 6.30. The van der Waals surface area contributed by atoms with Crippen LogP contribution in [0, 0.1) is 11.3 Å². The van der Waals surface area contributed by atoms with Crippen LogP contribution in [0.1, 0.15) is 26.7 Å². The van der Waals surface area contributed by atoms with Crippen LogP contribution >= 0.6 is 0 Å². The number of amides is 1. The van der Waals surface area contributed by atoms with Crippen molar-refractivity contribution in [2.24, 2.45) is 5.10 Å². The Morgan fingerprint density at radius 1 is 1.42 bits per heavy atom. The van der Waals surface area contributed by atoms with Crippen LogP contribution in [0.3, 0.4) is 0 Å². The third-order valence-electron chi connectivity index (χ3n) is 3.36. The molecule has 0 unspecified atom stereocenters. The second-order valence-corrected chi connectivity index (χ2v) is 5.07. The molecule has 0 radical (unpaired) electrons. The van der Waals surface area contributed by atoms with E-state index in [1.165, 1.54) is 10.7 Å². The molecular formula is C14H18N4O. The molecule has 19 heavy (non-hydrogen) atoms. The first-order chi connectivity index (χ1) is 9.04. The highest BCUT2D eigenvalue weighted by atomic mass is 16.2. The highest BCUT2D eigenvalue weighted by Gasteiger charge is 2.31. The van der Waals surface area contributed by atoms with Gasteiger partial charge >= 0.3 is 0 Å². The fourth-order valence-electron chi connectivity index (χ4n) is 2.24. The molecule has 2 heterocycles. The quantitative estimate of drug-likeness (QED) is 0.708. The molecule has 2 rings (SSSR count). The van der Waals surface area contributed by atoms with Crippen LogP contribution in [0.4, 0.5) is 0 Å². The molecule has 5 heteroatoms. The van der Waals surface area contributed by atoms with Gasteiger partial charge in [0, 0.05) is 19.3 Å². The zero-order valence-electron chi connectivity index (χ0n) is 11.6. The Hall–Kier alpha value is -2.09. The summed E-state index contributed by atoms with van der Waals surface area (Å²) < 4.78 is 0. The van der Waals surface area contributed by atoms with E-state index < -0.39 is 0 Å². The second kappa shape index (κ2) is 5.27. The third kappa shape index (κ3) is 2.53. The Morgan fingerprint density at radius 3 is 2.68 bits per heavy atom. The van der Waals surface area contributed by atoms with Crippen molar-refractivity contribution in [3.05, 3.63) is 23.4 Å². The number of hydrazone groups is 1. The predicted octanol–water partition coefficient (Wildman–Crippen LogP) is 1.65. The van der Waals surface area contributed by atoms with E-state index in [4.69, 9.17) is 5.26 Å². The van der Waals surface area contributed by atoms with Crippen LogP contribution in [-0.4, -0.2) is 41.2 Å². The molecule has 0 saturated carbocycles. The minimum Gasteiger partial charge on any atom is -0.378 e. The van der Waals surface area contributed by atoms with E-state index in [0.29, 0.717) is 5.57 Å². The van der Waals surface area contributed by atoms with Gasteiger partial charge in [0.05, 0.1) is 11.6 Å². The fourth-order valence-corrected chi connectivity index (χ4v) is 2.24. The lowest BCUT2D eigenvalue weighted by atomic mass is 10.1. The average Bonchev–Trinajstić information content (AvgIpc) is 2.91. The van der Waals surface area contributed by atoms with Crippen molar-refractivity contribution in [2.75, 3.05) is 13.6 Å². The highest BCUT2D eigenvalue weighted by Crippen LogP contribution is 2.21. The smallest absolute Gasteiger partial charge is 0.277 e. The van der Waals surface area contributed by atoms with Crippen molar-refractivity contribution in [3.8, 4) is 6.07 Å². The molecule has 1 amide bonds. The summed E-state index contributed by atoms with van der Waals surface area (Å²) >= 11 is 0. The van der Waals surface area contributed by atoms with E-state index in [0.717, 1.165) is 19.4 Å². The predicted molar refractivity (Wildman–Crippen MR) is 73.1 cm³/mol. The van der Waals surface area contributed by atoms with Crippen LogP contribution in [0.15, 0.2) is 28.5 Å². The van der Waals surface area contributed by atoms with Crippen LogP contribution in [0.5, 0.6) is 0 Å².